The molecule has 2 N–H and O–H groups in total. The van der Waals surface area contributed by atoms with Gasteiger partial charge in [0, 0.05) is 44.9 Å². The van der Waals surface area contributed by atoms with Crippen molar-refractivity contribution in [2.24, 2.45) is 0 Å². The smallest absolute Gasteiger partial charge is 0.0616 e. The molecule has 2 fully saturated rings. The number of likely N-dealkylation sites (tertiary alicyclic amines) is 1. The van der Waals surface area contributed by atoms with E-state index in [0.717, 1.165) is 12.5 Å². The minimum Gasteiger partial charge on any atom is -0.396 e. The van der Waals surface area contributed by atoms with Gasteiger partial charge in [-0.05, 0) is 25.7 Å². The molecule has 0 spiro atoms. The van der Waals surface area contributed by atoms with E-state index in [1.165, 1.54) is 32.4 Å². The summed E-state index contributed by atoms with van der Waals surface area (Å²) in [6.07, 6.45) is 4.81. The molecule has 0 aromatic heterocycles. The van der Waals surface area contributed by atoms with Crippen LogP contribution in [0, 0.1) is 0 Å². The van der Waals surface area contributed by atoms with Gasteiger partial charge in [0.05, 0.1) is 6.61 Å². The van der Waals surface area contributed by atoms with Gasteiger partial charge in [-0.15, -0.1) is 0 Å². The van der Waals surface area contributed by atoms with Crippen LogP contribution in [0.5, 0.6) is 0 Å². The molecule has 94 valence electrons. The van der Waals surface area contributed by atoms with Crippen LogP contribution in [0.3, 0.4) is 0 Å². The van der Waals surface area contributed by atoms with Crippen molar-refractivity contribution < 1.29 is 9.84 Å². The van der Waals surface area contributed by atoms with Crippen molar-refractivity contribution in [1.29, 1.82) is 0 Å². The molecule has 1 saturated heterocycles. The van der Waals surface area contributed by atoms with Gasteiger partial charge in [0.15, 0.2) is 0 Å². The Morgan fingerprint density at radius 1 is 1.44 bits per heavy atom. The third kappa shape index (κ3) is 3.42. The van der Waals surface area contributed by atoms with Crippen molar-refractivity contribution in [1.82, 2.24) is 10.2 Å². The normalized spacial score (nSPS) is 28.5. The Labute approximate surface area is 98.0 Å². The van der Waals surface area contributed by atoms with Crippen LogP contribution in [0.25, 0.3) is 0 Å². The Bertz CT molecular complexity index is 203. The molecule has 2 rings (SSSR count). The van der Waals surface area contributed by atoms with E-state index in [4.69, 9.17) is 9.84 Å². The number of aliphatic hydroxyl groups excluding tert-OH is 1. The summed E-state index contributed by atoms with van der Waals surface area (Å²) in [7, 11) is 1.72. The molecule has 0 amide bonds. The van der Waals surface area contributed by atoms with E-state index in [9.17, 15) is 0 Å². The summed E-state index contributed by atoms with van der Waals surface area (Å²) in [4.78, 5) is 2.60. The molecule has 4 nitrogen and oxygen atoms in total. The maximum atomic E-state index is 8.98. The summed E-state index contributed by atoms with van der Waals surface area (Å²) in [5.41, 5.74) is 0. The van der Waals surface area contributed by atoms with Crippen molar-refractivity contribution in [3.05, 3.63) is 0 Å². The number of methoxy groups -OCH3 is 1. The lowest BCUT2D eigenvalue weighted by atomic mass is 10.1. The van der Waals surface area contributed by atoms with Crippen LogP contribution in [-0.4, -0.2) is 61.5 Å². The molecule has 0 aromatic carbocycles. The molecule has 1 aliphatic heterocycles. The van der Waals surface area contributed by atoms with Crippen molar-refractivity contribution in [3.63, 3.8) is 0 Å². The van der Waals surface area contributed by atoms with Crippen molar-refractivity contribution in [3.8, 4) is 0 Å². The van der Waals surface area contributed by atoms with Crippen LogP contribution in [0.15, 0.2) is 0 Å². The topological polar surface area (TPSA) is 44.7 Å². The predicted octanol–water partition coefficient (Wildman–Crippen LogP) is 0.210. The summed E-state index contributed by atoms with van der Waals surface area (Å²) >= 11 is 0. The molecule has 0 radical (unpaired) electrons. The highest BCUT2D eigenvalue weighted by molar-refractivity contribution is 4.92. The SMILES string of the molecule is COCC(CCO)NC1CCN(C2CC2)C1. The number of nitrogens with zero attached hydrogens (tertiary/aromatic N) is 1. The lowest BCUT2D eigenvalue weighted by Gasteiger charge is -2.22. The molecule has 0 aromatic rings. The first-order valence-electron chi connectivity index (χ1n) is 6.43. The minimum absolute atomic E-state index is 0.236. The Morgan fingerprint density at radius 3 is 2.88 bits per heavy atom. The number of aliphatic hydroxyl groups is 1. The first-order chi connectivity index (χ1) is 7.83. The molecule has 1 aliphatic carbocycles. The monoisotopic (exact) mass is 228 g/mol. The highest BCUT2D eigenvalue weighted by atomic mass is 16.5. The van der Waals surface area contributed by atoms with E-state index < -0.39 is 0 Å². The number of rotatable bonds is 7. The standard InChI is InChI=1S/C12H24N2O2/c1-16-9-11(5-7-15)13-10-4-6-14(8-10)12-2-3-12/h10-13,15H,2-9H2,1H3. The van der Waals surface area contributed by atoms with Gasteiger partial charge in [-0.2, -0.15) is 0 Å². The first-order valence-corrected chi connectivity index (χ1v) is 6.43. The largest absolute Gasteiger partial charge is 0.396 e. The van der Waals surface area contributed by atoms with Crippen molar-refractivity contribution >= 4 is 0 Å². The average molecular weight is 228 g/mol. The molecular formula is C12H24N2O2. The van der Waals surface area contributed by atoms with E-state index in [0.29, 0.717) is 18.7 Å². The van der Waals surface area contributed by atoms with Gasteiger partial charge in [-0.3, -0.25) is 4.90 Å². The van der Waals surface area contributed by atoms with Crippen molar-refractivity contribution in [2.75, 3.05) is 33.4 Å². The van der Waals surface area contributed by atoms with Crippen LogP contribution in [0.1, 0.15) is 25.7 Å². The van der Waals surface area contributed by atoms with Crippen LogP contribution in [0.4, 0.5) is 0 Å². The molecule has 1 saturated carbocycles. The summed E-state index contributed by atoms with van der Waals surface area (Å²) in [6, 6.07) is 1.77. The minimum atomic E-state index is 0.236. The van der Waals surface area contributed by atoms with Crippen LogP contribution in [-0.2, 0) is 4.74 Å². The second-order valence-corrected chi connectivity index (χ2v) is 5.04. The highest BCUT2D eigenvalue weighted by Gasteiger charge is 2.34. The Hall–Kier alpha value is -0.160. The zero-order chi connectivity index (χ0) is 11.4. The summed E-state index contributed by atoms with van der Waals surface area (Å²) < 4.78 is 5.17. The lowest BCUT2D eigenvalue weighted by molar-refractivity contribution is 0.142. The molecule has 4 heteroatoms. The zero-order valence-corrected chi connectivity index (χ0v) is 10.2. The quantitative estimate of drug-likeness (QED) is 0.654. The molecule has 16 heavy (non-hydrogen) atoms. The molecule has 2 unspecified atom stereocenters. The van der Waals surface area contributed by atoms with Gasteiger partial charge in [-0.1, -0.05) is 0 Å². The molecule has 2 aliphatic rings. The number of hydrogen-bond acceptors (Lipinski definition) is 4. The highest BCUT2D eigenvalue weighted by Crippen LogP contribution is 2.29. The summed E-state index contributed by atoms with van der Waals surface area (Å²) in [5, 5.41) is 12.6. The van der Waals surface area contributed by atoms with E-state index in [2.05, 4.69) is 10.2 Å². The van der Waals surface area contributed by atoms with Gasteiger partial charge in [0.1, 0.15) is 0 Å². The fourth-order valence-corrected chi connectivity index (χ4v) is 2.60. The first kappa shape index (κ1) is 12.3. The predicted molar refractivity (Wildman–Crippen MR) is 63.5 cm³/mol. The van der Waals surface area contributed by atoms with E-state index in [1.807, 2.05) is 0 Å². The van der Waals surface area contributed by atoms with Gasteiger partial charge in [-0.25, -0.2) is 0 Å². The van der Waals surface area contributed by atoms with E-state index in [-0.39, 0.29) is 6.61 Å². The second kappa shape index (κ2) is 5.96. The fourth-order valence-electron chi connectivity index (χ4n) is 2.60. The van der Waals surface area contributed by atoms with E-state index >= 15 is 0 Å². The summed E-state index contributed by atoms with van der Waals surface area (Å²) in [5.74, 6) is 0. The van der Waals surface area contributed by atoms with Gasteiger partial charge >= 0.3 is 0 Å². The van der Waals surface area contributed by atoms with Gasteiger partial charge in [0.25, 0.3) is 0 Å². The van der Waals surface area contributed by atoms with E-state index in [1.54, 1.807) is 7.11 Å². The third-order valence-electron chi connectivity index (χ3n) is 3.60. The van der Waals surface area contributed by atoms with Gasteiger partial charge < -0.3 is 15.2 Å². The lowest BCUT2D eigenvalue weighted by Crippen LogP contribution is -2.43. The van der Waals surface area contributed by atoms with Crippen molar-refractivity contribution in [2.45, 2.75) is 43.8 Å². The maximum Gasteiger partial charge on any atom is 0.0616 e. The van der Waals surface area contributed by atoms with Crippen LogP contribution < -0.4 is 5.32 Å². The molecule has 2 atom stereocenters. The van der Waals surface area contributed by atoms with Crippen LogP contribution in [0.2, 0.25) is 0 Å². The molecule has 1 heterocycles. The Kier molecular flexibility index (Phi) is 4.58. The fraction of sp³-hybridized carbons (Fsp3) is 1.00. The maximum absolute atomic E-state index is 8.98. The molecule has 0 bridgehead atoms. The molecular weight excluding hydrogens is 204 g/mol. The van der Waals surface area contributed by atoms with Crippen LogP contribution >= 0.6 is 0 Å². The van der Waals surface area contributed by atoms with Gasteiger partial charge in [0.2, 0.25) is 0 Å². The average Bonchev–Trinajstić information content (AvgIpc) is 3.01. The zero-order valence-electron chi connectivity index (χ0n) is 10.2. The number of nitrogens with one attached hydrogen (secondary N) is 1. The number of ether oxygens (including phenoxy) is 1. The Balaban J connectivity index is 1.70. The number of hydrogen-bond donors (Lipinski definition) is 2. The second-order valence-electron chi connectivity index (χ2n) is 5.04. The Morgan fingerprint density at radius 2 is 2.25 bits per heavy atom. The third-order valence-corrected chi connectivity index (χ3v) is 3.60. The summed E-state index contributed by atoms with van der Waals surface area (Å²) in [6.45, 7) is 3.35.